The SMILES string of the molecule is CCC1=CC2N=C(C3=CCCC=C3)C=C(C)C2C=C1. The third-order valence-corrected chi connectivity index (χ3v) is 4.15. The highest BCUT2D eigenvalue weighted by molar-refractivity contribution is 6.11. The minimum atomic E-state index is 0.302. The van der Waals surface area contributed by atoms with Crippen LogP contribution in [-0.2, 0) is 0 Å². The van der Waals surface area contributed by atoms with E-state index in [0.29, 0.717) is 12.0 Å². The van der Waals surface area contributed by atoms with Crippen LogP contribution < -0.4 is 0 Å². The summed E-state index contributed by atoms with van der Waals surface area (Å²) in [6.07, 6.45) is 19.4. The summed E-state index contributed by atoms with van der Waals surface area (Å²) in [5.41, 5.74) is 5.30. The van der Waals surface area contributed by atoms with Crippen molar-refractivity contribution in [3.05, 3.63) is 59.3 Å². The maximum absolute atomic E-state index is 4.97. The second kappa shape index (κ2) is 5.16. The van der Waals surface area contributed by atoms with Gasteiger partial charge in [-0.2, -0.15) is 0 Å². The maximum atomic E-state index is 4.97. The Kier molecular flexibility index (Phi) is 3.37. The van der Waals surface area contributed by atoms with Crippen LogP contribution in [0.4, 0.5) is 0 Å². The van der Waals surface area contributed by atoms with Crippen LogP contribution in [0.5, 0.6) is 0 Å². The van der Waals surface area contributed by atoms with Crippen molar-refractivity contribution in [1.82, 2.24) is 0 Å². The largest absolute Gasteiger partial charge is 0.276 e. The number of aliphatic imine (C=N–C) groups is 1. The van der Waals surface area contributed by atoms with Crippen molar-refractivity contribution in [3.63, 3.8) is 0 Å². The number of nitrogens with zero attached hydrogens (tertiary/aromatic N) is 1. The zero-order chi connectivity index (χ0) is 13.2. The average molecular weight is 251 g/mol. The minimum Gasteiger partial charge on any atom is -0.276 e. The number of hydrogen-bond donors (Lipinski definition) is 0. The molecule has 0 aromatic rings. The van der Waals surface area contributed by atoms with Gasteiger partial charge in [0.15, 0.2) is 0 Å². The van der Waals surface area contributed by atoms with Gasteiger partial charge in [-0.3, -0.25) is 4.99 Å². The fourth-order valence-electron chi connectivity index (χ4n) is 2.97. The molecule has 0 aromatic carbocycles. The molecule has 0 fully saturated rings. The summed E-state index contributed by atoms with van der Waals surface area (Å²) >= 11 is 0. The van der Waals surface area contributed by atoms with E-state index >= 15 is 0 Å². The lowest BCUT2D eigenvalue weighted by Gasteiger charge is -2.29. The molecule has 0 saturated heterocycles. The molecule has 1 aliphatic heterocycles. The standard InChI is InChI=1S/C18H21N/c1-3-14-9-10-16-13(2)11-17(19-18(16)12-14)15-7-5-4-6-8-15/h5,7-12,16,18H,3-4,6H2,1-2H3. The molecule has 19 heavy (non-hydrogen) atoms. The zero-order valence-corrected chi connectivity index (χ0v) is 11.8. The molecule has 0 N–H and O–H groups in total. The smallest absolute Gasteiger partial charge is 0.0792 e. The number of fused-ring (bicyclic) bond motifs is 1. The van der Waals surface area contributed by atoms with Crippen LogP contribution >= 0.6 is 0 Å². The third-order valence-electron chi connectivity index (χ3n) is 4.15. The molecule has 0 saturated carbocycles. The molecule has 3 aliphatic rings. The van der Waals surface area contributed by atoms with E-state index in [4.69, 9.17) is 4.99 Å². The van der Waals surface area contributed by atoms with Crippen molar-refractivity contribution in [2.45, 2.75) is 39.2 Å². The van der Waals surface area contributed by atoms with E-state index < -0.39 is 0 Å². The molecule has 1 heteroatoms. The van der Waals surface area contributed by atoms with Crippen molar-refractivity contribution in [1.29, 1.82) is 0 Å². The lowest BCUT2D eigenvalue weighted by atomic mass is 9.82. The molecule has 2 unspecified atom stereocenters. The van der Waals surface area contributed by atoms with E-state index in [1.165, 1.54) is 16.7 Å². The van der Waals surface area contributed by atoms with Gasteiger partial charge in [-0.1, -0.05) is 54.5 Å². The Bertz CT molecular complexity index is 552. The third kappa shape index (κ3) is 2.42. The van der Waals surface area contributed by atoms with Gasteiger partial charge in [-0.15, -0.1) is 0 Å². The molecule has 0 radical (unpaired) electrons. The minimum absolute atomic E-state index is 0.302. The molecule has 2 atom stereocenters. The van der Waals surface area contributed by atoms with Crippen molar-refractivity contribution >= 4 is 5.71 Å². The topological polar surface area (TPSA) is 12.4 Å². The summed E-state index contributed by atoms with van der Waals surface area (Å²) in [5, 5.41) is 0. The second-order valence-electron chi connectivity index (χ2n) is 5.51. The van der Waals surface area contributed by atoms with Gasteiger partial charge in [-0.25, -0.2) is 0 Å². The van der Waals surface area contributed by atoms with E-state index in [2.05, 4.69) is 56.4 Å². The molecule has 1 nitrogen and oxygen atoms in total. The summed E-state index contributed by atoms with van der Waals surface area (Å²) in [6.45, 7) is 4.44. The first kappa shape index (κ1) is 12.4. The Morgan fingerprint density at radius 3 is 2.89 bits per heavy atom. The molecule has 0 spiro atoms. The van der Waals surface area contributed by atoms with Gasteiger partial charge in [0.25, 0.3) is 0 Å². The van der Waals surface area contributed by atoms with E-state index in [-0.39, 0.29) is 0 Å². The number of dihydropyridines is 1. The number of hydrogen-bond acceptors (Lipinski definition) is 1. The van der Waals surface area contributed by atoms with Gasteiger partial charge < -0.3 is 0 Å². The Balaban J connectivity index is 1.93. The highest BCUT2D eigenvalue weighted by Crippen LogP contribution is 2.31. The number of rotatable bonds is 2. The van der Waals surface area contributed by atoms with Gasteiger partial charge in [0.1, 0.15) is 0 Å². The van der Waals surface area contributed by atoms with Crippen molar-refractivity contribution < 1.29 is 0 Å². The lowest BCUT2D eigenvalue weighted by Crippen LogP contribution is -2.25. The van der Waals surface area contributed by atoms with Crippen LogP contribution in [0.25, 0.3) is 0 Å². The number of allylic oxidation sites excluding steroid dienone is 7. The first-order valence-corrected chi connectivity index (χ1v) is 7.30. The zero-order valence-electron chi connectivity index (χ0n) is 11.8. The van der Waals surface area contributed by atoms with Crippen molar-refractivity contribution in [2.24, 2.45) is 10.9 Å². The van der Waals surface area contributed by atoms with E-state index in [0.717, 1.165) is 25.0 Å². The first-order valence-electron chi connectivity index (χ1n) is 7.30. The van der Waals surface area contributed by atoms with Crippen LogP contribution in [0, 0.1) is 5.92 Å². The molecule has 1 heterocycles. The predicted molar refractivity (Wildman–Crippen MR) is 82.4 cm³/mol. The Morgan fingerprint density at radius 2 is 2.16 bits per heavy atom. The summed E-state index contributed by atoms with van der Waals surface area (Å²) < 4.78 is 0. The Hall–Kier alpha value is -1.63. The van der Waals surface area contributed by atoms with Gasteiger partial charge in [0, 0.05) is 5.92 Å². The molecular weight excluding hydrogens is 230 g/mol. The van der Waals surface area contributed by atoms with E-state index in [9.17, 15) is 0 Å². The molecule has 0 bridgehead atoms. The molecule has 98 valence electrons. The molecular formula is C18H21N. The summed E-state index contributed by atoms with van der Waals surface area (Å²) in [7, 11) is 0. The normalized spacial score (nSPS) is 29.2. The van der Waals surface area contributed by atoms with Crippen LogP contribution in [0.2, 0.25) is 0 Å². The van der Waals surface area contributed by atoms with Gasteiger partial charge in [-0.05, 0) is 37.8 Å². The quantitative estimate of drug-likeness (QED) is 0.682. The van der Waals surface area contributed by atoms with Crippen LogP contribution in [0.3, 0.4) is 0 Å². The lowest BCUT2D eigenvalue weighted by molar-refractivity contribution is 0.637. The highest BCUT2D eigenvalue weighted by Gasteiger charge is 2.26. The maximum Gasteiger partial charge on any atom is 0.0792 e. The fourth-order valence-corrected chi connectivity index (χ4v) is 2.97. The Morgan fingerprint density at radius 1 is 1.26 bits per heavy atom. The first-order chi connectivity index (χ1) is 9.28. The van der Waals surface area contributed by atoms with Crippen LogP contribution in [0.15, 0.2) is 64.2 Å². The average Bonchev–Trinajstić information content (AvgIpc) is 2.47. The van der Waals surface area contributed by atoms with Crippen LogP contribution in [-0.4, -0.2) is 11.8 Å². The van der Waals surface area contributed by atoms with Crippen molar-refractivity contribution in [3.8, 4) is 0 Å². The highest BCUT2D eigenvalue weighted by atomic mass is 14.8. The summed E-state index contributed by atoms with van der Waals surface area (Å²) in [5.74, 6) is 0.465. The van der Waals surface area contributed by atoms with Crippen LogP contribution in [0.1, 0.15) is 33.1 Å². The molecule has 2 aliphatic carbocycles. The fraction of sp³-hybridized carbons (Fsp3) is 0.389. The van der Waals surface area contributed by atoms with Gasteiger partial charge in [0.2, 0.25) is 0 Å². The van der Waals surface area contributed by atoms with Crippen molar-refractivity contribution in [2.75, 3.05) is 0 Å². The summed E-state index contributed by atoms with van der Waals surface area (Å²) in [4.78, 5) is 4.97. The molecule has 3 rings (SSSR count). The van der Waals surface area contributed by atoms with Gasteiger partial charge >= 0.3 is 0 Å². The molecule has 0 amide bonds. The predicted octanol–water partition coefficient (Wildman–Crippen LogP) is 4.55. The Labute approximate surface area is 115 Å². The second-order valence-corrected chi connectivity index (χ2v) is 5.51. The van der Waals surface area contributed by atoms with Gasteiger partial charge in [0.05, 0.1) is 11.8 Å². The summed E-state index contributed by atoms with van der Waals surface area (Å²) in [6, 6.07) is 0.302. The molecule has 0 aromatic heterocycles. The monoisotopic (exact) mass is 251 g/mol. The van der Waals surface area contributed by atoms with E-state index in [1.807, 2.05) is 0 Å². The van der Waals surface area contributed by atoms with E-state index in [1.54, 1.807) is 0 Å².